The number of carbonyl (C=O) groups excluding carboxylic acids is 1. The Morgan fingerprint density at radius 3 is 2.53 bits per heavy atom. The van der Waals surface area contributed by atoms with E-state index >= 15 is 0 Å². The average molecular weight is 275 g/mol. The third-order valence-electron chi connectivity index (χ3n) is 1.85. The highest BCUT2D eigenvalue weighted by Crippen LogP contribution is 2.17. The molecule has 0 aliphatic rings. The van der Waals surface area contributed by atoms with Crippen LogP contribution in [-0.4, -0.2) is 21.7 Å². The molecule has 0 spiro atoms. The van der Waals surface area contributed by atoms with Crippen molar-refractivity contribution >= 4 is 27.7 Å². The smallest absolute Gasteiger partial charge is 0.339 e. The molecule has 15 heavy (non-hydrogen) atoms. The Morgan fingerprint density at radius 2 is 2.07 bits per heavy atom. The zero-order valence-electron chi connectivity index (χ0n) is 7.83. The zero-order chi connectivity index (χ0) is 11.6. The van der Waals surface area contributed by atoms with Crippen LogP contribution in [0.2, 0.25) is 0 Å². The third kappa shape index (κ3) is 2.41. The van der Waals surface area contributed by atoms with Crippen LogP contribution in [0.3, 0.4) is 0 Å². The molecule has 0 fully saturated rings. The number of carboxylic acids is 1. The minimum atomic E-state index is -1.44. The molecule has 0 aliphatic carbocycles. The molecule has 3 nitrogen and oxygen atoms in total. The first kappa shape index (κ1) is 11.8. The molecule has 0 aromatic heterocycles. The third-order valence-corrected chi connectivity index (χ3v) is 2.27. The van der Waals surface area contributed by atoms with Crippen LogP contribution in [-0.2, 0) is 0 Å². The van der Waals surface area contributed by atoms with Crippen molar-refractivity contribution in [3.63, 3.8) is 0 Å². The number of halogens is 2. The lowest BCUT2D eigenvalue weighted by molar-refractivity contribution is 0.0687. The maximum absolute atomic E-state index is 13.2. The Bertz CT molecular complexity index is 415. The summed E-state index contributed by atoms with van der Waals surface area (Å²) in [5.41, 5.74) is -0.694. The van der Waals surface area contributed by atoms with Gasteiger partial charge in [-0.25, -0.2) is 9.18 Å². The van der Waals surface area contributed by atoms with Crippen LogP contribution in [0.4, 0.5) is 4.39 Å². The van der Waals surface area contributed by atoms with Crippen molar-refractivity contribution < 1.29 is 19.1 Å². The number of rotatable bonds is 3. The monoisotopic (exact) mass is 274 g/mol. The summed E-state index contributed by atoms with van der Waals surface area (Å²) < 4.78 is 13.2. The maximum atomic E-state index is 13.2. The lowest BCUT2D eigenvalue weighted by Crippen LogP contribution is -2.16. The van der Waals surface area contributed by atoms with Crippen molar-refractivity contribution in [3.8, 4) is 0 Å². The minimum absolute atomic E-state index is 0.119. The largest absolute Gasteiger partial charge is 0.478 e. The molecule has 1 atom stereocenters. The second-order valence-corrected chi connectivity index (χ2v) is 4.32. The van der Waals surface area contributed by atoms with Crippen molar-refractivity contribution in [2.75, 3.05) is 0 Å². The standard InChI is InChI=1S/C10H8BrFO3/c1-5(11)9(13)6-3-2-4-7(12)8(6)10(14)15/h2-5H,1H3,(H,14,15). The van der Waals surface area contributed by atoms with E-state index in [1.165, 1.54) is 12.1 Å². The molecule has 0 radical (unpaired) electrons. The van der Waals surface area contributed by atoms with Gasteiger partial charge in [0.2, 0.25) is 0 Å². The van der Waals surface area contributed by atoms with E-state index in [1.54, 1.807) is 6.92 Å². The molecule has 5 heteroatoms. The number of Topliss-reactive ketones (excluding diaryl/α,β-unsaturated/α-hetero) is 1. The molecule has 1 unspecified atom stereocenters. The lowest BCUT2D eigenvalue weighted by Gasteiger charge is -2.07. The molecule has 1 N–H and O–H groups in total. The average Bonchev–Trinajstić information content (AvgIpc) is 2.15. The Hall–Kier alpha value is -1.23. The van der Waals surface area contributed by atoms with Gasteiger partial charge in [0, 0.05) is 5.56 Å². The molecule has 1 aromatic rings. The fraction of sp³-hybridized carbons (Fsp3) is 0.200. The van der Waals surface area contributed by atoms with E-state index in [9.17, 15) is 14.0 Å². The molecule has 1 aromatic carbocycles. The summed E-state index contributed by atoms with van der Waals surface area (Å²) in [4.78, 5) is 21.8. The first-order valence-electron chi connectivity index (χ1n) is 4.15. The van der Waals surface area contributed by atoms with Crippen LogP contribution in [0, 0.1) is 5.82 Å². The molecule has 0 amide bonds. The number of hydrogen-bond acceptors (Lipinski definition) is 2. The number of ketones is 1. The summed E-state index contributed by atoms with van der Waals surface area (Å²) in [6.07, 6.45) is 0. The predicted molar refractivity (Wildman–Crippen MR) is 56.1 cm³/mol. The summed E-state index contributed by atoms with van der Waals surface area (Å²) in [6.45, 7) is 1.55. The second-order valence-electron chi connectivity index (χ2n) is 2.95. The molecule has 0 heterocycles. The van der Waals surface area contributed by atoms with Crippen molar-refractivity contribution in [3.05, 3.63) is 35.1 Å². The Balaban J connectivity index is 3.35. The number of alkyl halides is 1. The Labute approximate surface area is 94.0 Å². The minimum Gasteiger partial charge on any atom is -0.478 e. The maximum Gasteiger partial charge on any atom is 0.339 e. The van der Waals surface area contributed by atoms with Gasteiger partial charge >= 0.3 is 5.97 Å². The van der Waals surface area contributed by atoms with Crippen molar-refractivity contribution in [2.45, 2.75) is 11.8 Å². The zero-order valence-corrected chi connectivity index (χ0v) is 9.42. The molecule has 0 aliphatic heterocycles. The van der Waals surface area contributed by atoms with Gasteiger partial charge in [-0.3, -0.25) is 4.79 Å². The van der Waals surface area contributed by atoms with Crippen LogP contribution >= 0.6 is 15.9 Å². The van der Waals surface area contributed by atoms with E-state index in [4.69, 9.17) is 5.11 Å². The topological polar surface area (TPSA) is 54.4 Å². The number of benzene rings is 1. The van der Waals surface area contributed by atoms with E-state index in [0.29, 0.717) is 0 Å². The highest BCUT2D eigenvalue weighted by molar-refractivity contribution is 9.10. The highest BCUT2D eigenvalue weighted by Gasteiger charge is 2.22. The quantitative estimate of drug-likeness (QED) is 0.681. The Kier molecular flexibility index (Phi) is 3.57. The van der Waals surface area contributed by atoms with E-state index in [-0.39, 0.29) is 5.56 Å². The van der Waals surface area contributed by atoms with Crippen molar-refractivity contribution in [2.24, 2.45) is 0 Å². The van der Waals surface area contributed by atoms with E-state index in [1.807, 2.05) is 0 Å². The van der Waals surface area contributed by atoms with Gasteiger partial charge < -0.3 is 5.11 Å². The van der Waals surface area contributed by atoms with Gasteiger partial charge in [0.1, 0.15) is 11.4 Å². The molecular weight excluding hydrogens is 267 g/mol. The van der Waals surface area contributed by atoms with Crippen LogP contribution in [0.5, 0.6) is 0 Å². The fourth-order valence-electron chi connectivity index (χ4n) is 1.16. The summed E-state index contributed by atoms with van der Waals surface area (Å²) in [5, 5.41) is 8.77. The van der Waals surface area contributed by atoms with Crippen LogP contribution in [0.1, 0.15) is 27.6 Å². The van der Waals surface area contributed by atoms with E-state index in [2.05, 4.69) is 15.9 Å². The number of aromatic carboxylic acids is 1. The number of hydrogen-bond donors (Lipinski definition) is 1. The van der Waals surface area contributed by atoms with Gasteiger partial charge in [-0.1, -0.05) is 28.1 Å². The van der Waals surface area contributed by atoms with E-state index in [0.717, 1.165) is 6.07 Å². The summed E-state index contributed by atoms with van der Waals surface area (Å²) >= 11 is 3.02. The first-order valence-corrected chi connectivity index (χ1v) is 5.06. The van der Waals surface area contributed by atoms with Gasteiger partial charge in [-0.05, 0) is 13.0 Å². The molecule has 0 saturated carbocycles. The van der Waals surface area contributed by atoms with Gasteiger partial charge in [-0.2, -0.15) is 0 Å². The van der Waals surface area contributed by atoms with E-state index < -0.39 is 28.0 Å². The number of carbonyl (C=O) groups is 2. The van der Waals surface area contributed by atoms with Crippen LogP contribution in [0.15, 0.2) is 18.2 Å². The highest BCUT2D eigenvalue weighted by atomic mass is 79.9. The summed E-state index contributed by atoms with van der Waals surface area (Å²) in [6, 6.07) is 3.62. The normalized spacial score (nSPS) is 12.2. The number of carboxylic acid groups (broad SMARTS) is 1. The Morgan fingerprint density at radius 1 is 1.47 bits per heavy atom. The van der Waals surface area contributed by atoms with Gasteiger partial charge in [0.25, 0.3) is 0 Å². The molecule has 80 valence electrons. The van der Waals surface area contributed by atoms with Crippen molar-refractivity contribution in [1.82, 2.24) is 0 Å². The van der Waals surface area contributed by atoms with Gasteiger partial charge in [0.15, 0.2) is 5.78 Å². The van der Waals surface area contributed by atoms with Crippen LogP contribution in [0.25, 0.3) is 0 Å². The SMILES string of the molecule is CC(Br)C(=O)c1cccc(F)c1C(=O)O. The molecular formula is C10H8BrFO3. The summed E-state index contributed by atoms with van der Waals surface area (Å²) in [7, 11) is 0. The van der Waals surface area contributed by atoms with Crippen molar-refractivity contribution in [1.29, 1.82) is 0 Å². The fourth-order valence-corrected chi connectivity index (χ4v) is 1.41. The predicted octanol–water partition coefficient (Wildman–Crippen LogP) is 2.49. The van der Waals surface area contributed by atoms with Gasteiger partial charge in [0.05, 0.1) is 4.83 Å². The van der Waals surface area contributed by atoms with Crippen LogP contribution < -0.4 is 0 Å². The lowest BCUT2D eigenvalue weighted by atomic mass is 10.0. The summed E-state index contributed by atoms with van der Waals surface area (Å²) in [5.74, 6) is -2.79. The second kappa shape index (κ2) is 4.53. The van der Waals surface area contributed by atoms with Gasteiger partial charge in [-0.15, -0.1) is 0 Å². The molecule has 0 saturated heterocycles. The first-order chi connectivity index (χ1) is 6.95. The molecule has 1 rings (SSSR count). The molecule has 0 bridgehead atoms.